The summed E-state index contributed by atoms with van der Waals surface area (Å²) >= 11 is 3.33. The van der Waals surface area contributed by atoms with Gasteiger partial charge in [0, 0.05) is 17.1 Å². The van der Waals surface area contributed by atoms with E-state index in [1.54, 1.807) is 12.1 Å². The molecule has 2 aromatic carbocycles. The normalized spacial score (nSPS) is 10.1. The molecule has 0 aliphatic carbocycles. The van der Waals surface area contributed by atoms with Crippen LogP contribution in [0.1, 0.15) is 10.4 Å². The summed E-state index contributed by atoms with van der Waals surface area (Å²) in [6.07, 6.45) is 0. The highest BCUT2D eigenvalue weighted by atomic mass is 79.9. The van der Waals surface area contributed by atoms with Crippen LogP contribution in [0.5, 0.6) is 0 Å². The van der Waals surface area contributed by atoms with E-state index in [2.05, 4.69) is 21.2 Å². The van der Waals surface area contributed by atoms with Crippen molar-refractivity contribution in [2.75, 3.05) is 18.9 Å². The van der Waals surface area contributed by atoms with Crippen molar-refractivity contribution in [3.05, 3.63) is 64.4 Å². The molecule has 0 atom stereocenters. The van der Waals surface area contributed by atoms with Crippen molar-refractivity contribution < 1.29 is 14.0 Å². The second kappa shape index (κ2) is 7.17. The van der Waals surface area contributed by atoms with Crippen molar-refractivity contribution in [2.24, 2.45) is 0 Å². The maximum absolute atomic E-state index is 12.8. The Morgan fingerprint density at radius 3 is 2.41 bits per heavy atom. The maximum atomic E-state index is 12.8. The molecule has 2 rings (SSSR count). The molecule has 0 spiro atoms. The number of carbonyl (C=O) groups excluding carboxylic acids is 2. The van der Waals surface area contributed by atoms with E-state index in [4.69, 9.17) is 0 Å². The third kappa shape index (κ3) is 4.14. The Balaban J connectivity index is 1.97. The Labute approximate surface area is 136 Å². The zero-order valence-corrected chi connectivity index (χ0v) is 13.4. The first-order valence-electron chi connectivity index (χ1n) is 6.53. The lowest BCUT2D eigenvalue weighted by Gasteiger charge is -2.17. The highest BCUT2D eigenvalue weighted by Crippen LogP contribution is 2.21. The van der Waals surface area contributed by atoms with Gasteiger partial charge in [0.1, 0.15) is 5.82 Å². The molecule has 0 saturated carbocycles. The van der Waals surface area contributed by atoms with Gasteiger partial charge in [-0.25, -0.2) is 4.39 Å². The van der Waals surface area contributed by atoms with E-state index in [9.17, 15) is 14.0 Å². The highest BCUT2D eigenvalue weighted by Gasteiger charge is 2.15. The summed E-state index contributed by atoms with van der Waals surface area (Å²) in [5.74, 6) is -1.07. The number of benzene rings is 2. The summed E-state index contributed by atoms with van der Waals surface area (Å²) in [5, 5.41) is 2.72. The third-order valence-corrected chi connectivity index (χ3v) is 3.66. The summed E-state index contributed by atoms with van der Waals surface area (Å²) in [7, 11) is 1.52. The Morgan fingerprint density at radius 1 is 1.14 bits per heavy atom. The minimum absolute atomic E-state index is 0.0997. The van der Waals surface area contributed by atoms with Crippen LogP contribution in [0.2, 0.25) is 0 Å². The number of nitrogens with one attached hydrogen (secondary N) is 1. The predicted molar refractivity (Wildman–Crippen MR) is 86.1 cm³/mol. The monoisotopic (exact) mass is 364 g/mol. The van der Waals surface area contributed by atoms with E-state index in [-0.39, 0.29) is 18.4 Å². The third-order valence-electron chi connectivity index (χ3n) is 2.97. The van der Waals surface area contributed by atoms with Gasteiger partial charge >= 0.3 is 0 Å². The average molecular weight is 365 g/mol. The van der Waals surface area contributed by atoms with E-state index in [0.717, 1.165) is 4.47 Å². The molecule has 2 aromatic rings. The second-order valence-electron chi connectivity index (χ2n) is 4.70. The summed E-state index contributed by atoms with van der Waals surface area (Å²) in [6, 6.07) is 12.4. The standard InChI is InChI=1S/C16H14BrFN2O2/c1-20(16(22)11-6-8-12(18)9-7-11)10-15(21)19-14-5-3-2-4-13(14)17/h2-9H,10H2,1H3,(H,19,21). The van der Waals surface area contributed by atoms with Gasteiger partial charge in [-0.15, -0.1) is 0 Å². The zero-order valence-electron chi connectivity index (χ0n) is 11.8. The summed E-state index contributed by atoms with van der Waals surface area (Å²) < 4.78 is 13.6. The summed E-state index contributed by atoms with van der Waals surface area (Å²) in [5.41, 5.74) is 0.965. The van der Waals surface area contributed by atoms with E-state index in [1.165, 1.54) is 36.2 Å². The number of halogens is 2. The molecule has 4 nitrogen and oxygen atoms in total. The first kappa shape index (κ1) is 16.2. The maximum Gasteiger partial charge on any atom is 0.254 e. The first-order chi connectivity index (χ1) is 10.5. The smallest absolute Gasteiger partial charge is 0.254 e. The van der Waals surface area contributed by atoms with Crippen molar-refractivity contribution in [3.63, 3.8) is 0 Å². The molecule has 0 bridgehead atoms. The van der Waals surface area contributed by atoms with Crippen LogP contribution in [0.15, 0.2) is 53.0 Å². The highest BCUT2D eigenvalue weighted by molar-refractivity contribution is 9.10. The van der Waals surface area contributed by atoms with Gasteiger partial charge in [-0.2, -0.15) is 0 Å². The van der Waals surface area contributed by atoms with Crippen LogP contribution >= 0.6 is 15.9 Å². The molecule has 0 radical (unpaired) electrons. The van der Waals surface area contributed by atoms with Crippen molar-refractivity contribution in [3.8, 4) is 0 Å². The lowest BCUT2D eigenvalue weighted by molar-refractivity contribution is -0.116. The number of hydrogen-bond donors (Lipinski definition) is 1. The molecule has 0 saturated heterocycles. The van der Waals surface area contributed by atoms with Crippen LogP contribution in [0, 0.1) is 5.82 Å². The van der Waals surface area contributed by atoms with E-state index < -0.39 is 5.82 Å². The molecule has 2 amide bonds. The van der Waals surface area contributed by atoms with Gasteiger partial charge < -0.3 is 10.2 Å². The van der Waals surface area contributed by atoms with Gasteiger partial charge in [0.2, 0.25) is 5.91 Å². The number of rotatable bonds is 4. The fourth-order valence-electron chi connectivity index (χ4n) is 1.85. The van der Waals surface area contributed by atoms with Crippen LogP contribution in [0.4, 0.5) is 10.1 Å². The lowest BCUT2D eigenvalue weighted by Crippen LogP contribution is -2.35. The van der Waals surface area contributed by atoms with Crippen LogP contribution in [0.3, 0.4) is 0 Å². The molecule has 0 aromatic heterocycles. The minimum Gasteiger partial charge on any atom is -0.332 e. The van der Waals surface area contributed by atoms with E-state index in [1.807, 2.05) is 12.1 Å². The summed E-state index contributed by atoms with van der Waals surface area (Å²) in [4.78, 5) is 25.4. The Morgan fingerprint density at radius 2 is 1.77 bits per heavy atom. The van der Waals surface area contributed by atoms with Crippen LogP contribution in [0.25, 0.3) is 0 Å². The number of hydrogen-bond acceptors (Lipinski definition) is 2. The van der Waals surface area contributed by atoms with Crippen molar-refractivity contribution in [2.45, 2.75) is 0 Å². The molecule has 0 aliphatic heterocycles. The number of carbonyl (C=O) groups is 2. The molecule has 1 N–H and O–H groups in total. The number of anilines is 1. The largest absolute Gasteiger partial charge is 0.332 e. The molecule has 0 unspecified atom stereocenters. The Bertz CT molecular complexity index is 689. The van der Waals surface area contributed by atoms with Gasteiger partial charge in [0.25, 0.3) is 5.91 Å². The molecular formula is C16H14BrFN2O2. The van der Waals surface area contributed by atoms with Gasteiger partial charge in [0.15, 0.2) is 0 Å². The van der Waals surface area contributed by atoms with Crippen LogP contribution in [-0.2, 0) is 4.79 Å². The SMILES string of the molecule is CN(CC(=O)Nc1ccccc1Br)C(=O)c1ccc(F)cc1. The zero-order chi connectivity index (χ0) is 16.1. The molecule has 0 heterocycles. The van der Waals surface area contributed by atoms with Gasteiger partial charge in [-0.3, -0.25) is 9.59 Å². The number of nitrogens with zero attached hydrogens (tertiary/aromatic N) is 1. The van der Waals surface area contributed by atoms with Crippen molar-refractivity contribution in [1.82, 2.24) is 4.90 Å². The number of para-hydroxylation sites is 1. The average Bonchev–Trinajstić information content (AvgIpc) is 2.49. The van der Waals surface area contributed by atoms with E-state index >= 15 is 0 Å². The summed E-state index contributed by atoms with van der Waals surface area (Å²) in [6.45, 7) is -0.0997. The van der Waals surface area contributed by atoms with Crippen molar-refractivity contribution in [1.29, 1.82) is 0 Å². The fourth-order valence-corrected chi connectivity index (χ4v) is 2.24. The molecule has 0 aliphatic rings. The lowest BCUT2D eigenvalue weighted by atomic mass is 10.2. The Hall–Kier alpha value is -2.21. The second-order valence-corrected chi connectivity index (χ2v) is 5.55. The molecular weight excluding hydrogens is 351 g/mol. The molecule has 6 heteroatoms. The van der Waals surface area contributed by atoms with Crippen LogP contribution < -0.4 is 5.32 Å². The number of amides is 2. The molecule has 22 heavy (non-hydrogen) atoms. The first-order valence-corrected chi connectivity index (χ1v) is 7.32. The molecule has 114 valence electrons. The Kier molecular flexibility index (Phi) is 5.27. The van der Waals surface area contributed by atoms with Crippen molar-refractivity contribution >= 4 is 33.4 Å². The fraction of sp³-hybridized carbons (Fsp3) is 0.125. The van der Waals surface area contributed by atoms with Gasteiger partial charge in [-0.1, -0.05) is 12.1 Å². The van der Waals surface area contributed by atoms with Gasteiger partial charge in [-0.05, 0) is 52.3 Å². The predicted octanol–water partition coefficient (Wildman–Crippen LogP) is 3.30. The van der Waals surface area contributed by atoms with Crippen LogP contribution in [-0.4, -0.2) is 30.3 Å². The molecule has 0 fully saturated rings. The van der Waals surface area contributed by atoms with E-state index in [0.29, 0.717) is 11.3 Å². The van der Waals surface area contributed by atoms with Gasteiger partial charge in [0.05, 0.1) is 12.2 Å². The topological polar surface area (TPSA) is 49.4 Å². The number of likely N-dealkylation sites (N-methyl/N-ethyl adjacent to an activating group) is 1. The minimum atomic E-state index is -0.411. The quantitative estimate of drug-likeness (QED) is 0.904.